The molecule has 3 rings (SSSR count). The van der Waals surface area contributed by atoms with Gasteiger partial charge in [-0.2, -0.15) is 0 Å². The van der Waals surface area contributed by atoms with Crippen LogP contribution in [0.15, 0.2) is 21.3 Å². The molecule has 0 unspecified atom stereocenters. The van der Waals surface area contributed by atoms with Gasteiger partial charge in [-0.3, -0.25) is 4.79 Å². The summed E-state index contributed by atoms with van der Waals surface area (Å²) in [5, 5.41) is 12.8. The molecule has 1 aliphatic carbocycles. The molecule has 1 heterocycles. The number of hydrogen-bond donors (Lipinski definition) is 2. The summed E-state index contributed by atoms with van der Waals surface area (Å²) in [6.07, 6.45) is 2.25. The van der Waals surface area contributed by atoms with Crippen LogP contribution in [0, 0.1) is 12.8 Å². The number of aryl methyl sites for hydroxylation is 2. The second kappa shape index (κ2) is 8.27. The predicted molar refractivity (Wildman–Crippen MR) is 108 cm³/mol. The number of carbonyl (C=O) groups excluding carboxylic acids is 1. The Morgan fingerprint density at radius 3 is 2.59 bits per heavy atom. The van der Waals surface area contributed by atoms with E-state index in [1.165, 1.54) is 0 Å². The van der Waals surface area contributed by atoms with Crippen molar-refractivity contribution in [2.24, 2.45) is 5.92 Å². The summed E-state index contributed by atoms with van der Waals surface area (Å²) in [6, 6.07) is 2.65. The second-order valence-electron chi connectivity index (χ2n) is 7.74. The Balaban J connectivity index is 1.83. The summed E-state index contributed by atoms with van der Waals surface area (Å²) >= 11 is 0. The summed E-state index contributed by atoms with van der Waals surface area (Å²) in [4.78, 5) is 36.2. The highest BCUT2D eigenvalue weighted by atomic mass is 16.5. The first-order valence-corrected chi connectivity index (χ1v) is 10.0. The van der Waals surface area contributed by atoms with Crippen molar-refractivity contribution in [2.45, 2.75) is 65.5 Å². The molecule has 1 aromatic carbocycles. The zero-order valence-electron chi connectivity index (χ0n) is 17.2. The molecule has 0 bridgehead atoms. The lowest BCUT2D eigenvalue weighted by molar-refractivity contribution is -0.144. The van der Waals surface area contributed by atoms with Crippen LogP contribution in [0.5, 0.6) is 5.75 Å². The molecule has 29 heavy (non-hydrogen) atoms. The number of hydrogen-bond acceptors (Lipinski definition) is 5. The lowest BCUT2D eigenvalue weighted by Crippen LogP contribution is -2.49. The fraction of sp³-hybridized carbons (Fsp3) is 0.500. The van der Waals surface area contributed by atoms with Gasteiger partial charge in [-0.15, -0.1) is 0 Å². The van der Waals surface area contributed by atoms with Crippen molar-refractivity contribution in [2.75, 3.05) is 0 Å². The number of aliphatic carboxylic acids is 1. The highest BCUT2D eigenvalue weighted by Gasteiger charge is 2.28. The van der Waals surface area contributed by atoms with Crippen molar-refractivity contribution in [3.8, 4) is 5.75 Å². The number of carboxylic acid groups (broad SMARTS) is 1. The van der Waals surface area contributed by atoms with Gasteiger partial charge in [0.1, 0.15) is 17.4 Å². The minimum absolute atomic E-state index is 0.206. The highest BCUT2D eigenvalue weighted by molar-refractivity contribution is 5.88. The lowest BCUT2D eigenvalue weighted by Gasteiger charge is -2.23. The molecule has 1 amide bonds. The fourth-order valence-electron chi connectivity index (χ4n) is 3.79. The maximum Gasteiger partial charge on any atom is 0.339 e. The molecule has 3 atom stereocenters. The van der Waals surface area contributed by atoms with Crippen LogP contribution >= 0.6 is 0 Å². The largest absolute Gasteiger partial charge is 0.480 e. The molecule has 0 spiro atoms. The van der Waals surface area contributed by atoms with Gasteiger partial charge in [0.25, 0.3) is 5.91 Å². The summed E-state index contributed by atoms with van der Waals surface area (Å²) in [7, 11) is 0. The number of ether oxygens (including phenoxy) is 1. The molecule has 1 aliphatic rings. The molecule has 1 aromatic heterocycles. The maximum atomic E-state index is 12.5. The van der Waals surface area contributed by atoms with E-state index < -0.39 is 24.0 Å². The molecule has 0 saturated heterocycles. The molecule has 156 valence electrons. The van der Waals surface area contributed by atoms with Gasteiger partial charge < -0.3 is 19.6 Å². The van der Waals surface area contributed by atoms with Gasteiger partial charge in [-0.05, 0) is 56.7 Å². The normalized spacial score (nSPS) is 16.1. The van der Waals surface area contributed by atoms with Gasteiger partial charge in [-0.25, -0.2) is 9.59 Å². The maximum absolute atomic E-state index is 12.5. The van der Waals surface area contributed by atoms with Crippen LogP contribution in [0.2, 0.25) is 0 Å². The Hall–Kier alpha value is -2.83. The van der Waals surface area contributed by atoms with Crippen LogP contribution in [0.3, 0.4) is 0 Å². The zero-order chi connectivity index (χ0) is 21.3. The van der Waals surface area contributed by atoms with Crippen molar-refractivity contribution < 1.29 is 23.8 Å². The number of rotatable bonds is 7. The third-order valence-corrected chi connectivity index (χ3v) is 5.79. The van der Waals surface area contributed by atoms with Crippen molar-refractivity contribution >= 4 is 22.8 Å². The first kappa shape index (κ1) is 20.9. The third-order valence-electron chi connectivity index (χ3n) is 5.79. The molecule has 2 aromatic rings. The first-order chi connectivity index (χ1) is 13.7. The topological polar surface area (TPSA) is 106 Å². The standard InChI is InChI=1S/C22H27NO6/c1-5-11(2)18(21(25)26)23-20(24)13(4)28-17-10-9-15-14-7-6-8-16(14)22(27)29-19(15)12(17)3/h9-11,13,18H,5-8H2,1-4H3,(H,23,24)(H,25,26)/t11-,13+,18-/m0/s1. The van der Waals surface area contributed by atoms with Crippen molar-refractivity contribution in [3.05, 3.63) is 39.2 Å². The molecule has 2 N–H and O–H groups in total. The smallest absolute Gasteiger partial charge is 0.339 e. The quantitative estimate of drug-likeness (QED) is 0.691. The van der Waals surface area contributed by atoms with Crippen LogP contribution in [-0.4, -0.2) is 29.1 Å². The van der Waals surface area contributed by atoms with Crippen LogP contribution in [0.25, 0.3) is 11.0 Å². The minimum atomic E-state index is -1.07. The number of benzene rings is 1. The van der Waals surface area contributed by atoms with E-state index in [1.807, 2.05) is 13.0 Å². The van der Waals surface area contributed by atoms with Gasteiger partial charge in [0.2, 0.25) is 0 Å². The van der Waals surface area contributed by atoms with Gasteiger partial charge >= 0.3 is 11.6 Å². The van der Waals surface area contributed by atoms with E-state index in [0.29, 0.717) is 23.3 Å². The van der Waals surface area contributed by atoms with Gasteiger partial charge in [-0.1, -0.05) is 20.3 Å². The number of fused-ring (bicyclic) bond motifs is 3. The molecule has 0 aliphatic heterocycles. The molecule has 7 nitrogen and oxygen atoms in total. The Bertz CT molecular complexity index is 1010. The van der Waals surface area contributed by atoms with Crippen LogP contribution < -0.4 is 15.7 Å². The minimum Gasteiger partial charge on any atom is -0.480 e. The van der Waals surface area contributed by atoms with Crippen molar-refractivity contribution in [1.82, 2.24) is 5.32 Å². The second-order valence-corrected chi connectivity index (χ2v) is 7.74. The monoisotopic (exact) mass is 401 g/mol. The van der Waals surface area contributed by atoms with Crippen molar-refractivity contribution in [1.29, 1.82) is 0 Å². The van der Waals surface area contributed by atoms with Crippen LogP contribution in [0.4, 0.5) is 0 Å². The Kier molecular flexibility index (Phi) is 5.96. The molecule has 0 fully saturated rings. The molecule has 0 saturated carbocycles. The van der Waals surface area contributed by atoms with Crippen molar-refractivity contribution in [3.63, 3.8) is 0 Å². The third kappa shape index (κ3) is 3.99. The molecule has 7 heteroatoms. The van der Waals surface area contributed by atoms with E-state index in [0.717, 1.165) is 35.8 Å². The number of amides is 1. The van der Waals surface area contributed by atoms with E-state index in [4.69, 9.17) is 9.15 Å². The van der Waals surface area contributed by atoms with Gasteiger partial charge in [0.05, 0.1) is 0 Å². The highest BCUT2D eigenvalue weighted by Crippen LogP contribution is 2.33. The van der Waals surface area contributed by atoms with Gasteiger partial charge in [0, 0.05) is 16.5 Å². The zero-order valence-corrected chi connectivity index (χ0v) is 17.2. The van der Waals surface area contributed by atoms with E-state index in [2.05, 4.69) is 5.32 Å². The Morgan fingerprint density at radius 1 is 1.24 bits per heavy atom. The summed E-state index contributed by atoms with van der Waals surface area (Å²) in [5.74, 6) is -1.36. The fourth-order valence-corrected chi connectivity index (χ4v) is 3.79. The first-order valence-electron chi connectivity index (χ1n) is 10.0. The van der Waals surface area contributed by atoms with E-state index in [1.54, 1.807) is 26.8 Å². The average molecular weight is 401 g/mol. The van der Waals surface area contributed by atoms with E-state index >= 15 is 0 Å². The number of carbonyl (C=O) groups is 2. The molecular weight excluding hydrogens is 374 g/mol. The number of nitrogens with one attached hydrogen (secondary N) is 1. The average Bonchev–Trinajstić information content (AvgIpc) is 3.18. The molecule has 0 radical (unpaired) electrons. The van der Waals surface area contributed by atoms with Crippen LogP contribution in [0.1, 0.15) is 50.3 Å². The number of carboxylic acids is 1. The predicted octanol–water partition coefficient (Wildman–Crippen LogP) is 2.97. The Morgan fingerprint density at radius 2 is 1.93 bits per heavy atom. The summed E-state index contributed by atoms with van der Waals surface area (Å²) in [6.45, 7) is 6.99. The van der Waals surface area contributed by atoms with E-state index in [-0.39, 0.29) is 11.5 Å². The SMILES string of the molecule is CC[C@H](C)[C@H](NC(=O)[C@@H](C)Oc1ccc2c3c(c(=O)oc2c1C)CCC3)C(=O)O. The lowest BCUT2D eigenvalue weighted by atomic mass is 9.99. The molecular formula is C22H27NO6. The van der Waals surface area contributed by atoms with E-state index in [9.17, 15) is 19.5 Å². The van der Waals surface area contributed by atoms with Gasteiger partial charge in [0.15, 0.2) is 6.10 Å². The van der Waals surface area contributed by atoms with Crippen LogP contribution in [-0.2, 0) is 22.4 Å². The summed E-state index contributed by atoms with van der Waals surface area (Å²) < 4.78 is 11.3. The Labute approximate surface area is 169 Å². The summed E-state index contributed by atoms with van der Waals surface area (Å²) in [5.41, 5.74) is 2.60.